The van der Waals surface area contributed by atoms with Gasteiger partial charge in [-0.2, -0.15) is 0 Å². The molecule has 1 radical (unpaired) electrons. The molecule has 3 rings (SSSR count). The molecule has 0 heterocycles. The number of rotatable bonds is 0. The van der Waals surface area contributed by atoms with E-state index in [1.807, 2.05) is 0 Å². The smallest absolute Gasteiger partial charge is 0.0318 e. The molecule has 0 aromatic heterocycles. The molecule has 0 atom stereocenters. The second-order valence-corrected chi connectivity index (χ2v) is 3.81. The van der Waals surface area contributed by atoms with Crippen LogP contribution < -0.4 is 0 Å². The van der Waals surface area contributed by atoms with Gasteiger partial charge >= 0.3 is 0 Å². The zero-order chi connectivity index (χ0) is 5.61. The summed E-state index contributed by atoms with van der Waals surface area (Å²) in [5, 5.41) is 0. The predicted molar refractivity (Wildman–Crippen MR) is 34.4 cm³/mol. The first-order valence-corrected chi connectivity index (χ1v) is 3.60. The van der Waals surface area contributed by atoms with Crippen LogP contribution in [0.1, 0.15) is 32.6 Å². The van der Waals surface area contributed by atoms with Crippen molar-refractivity contribution < 1.29 is 0 Å². The van der Waals surface area contributed by atoms with E-state index in [1.54, 1.807) is 0 Å². The van der Waals surface area contributed by atoms with Crippen molar-refractivity contribution in [2.24, 2.45) is 11.3 Å². The van der Waals surface area contributed by atoms with Gasteiger partial charge < -0.3 is 0 Å². The summed E-state index contributed by atoms with van der Waals surface area (Å²) in [5.74, 6) is 1.09. The van der Waals surface area contributed by atoms with Gasteiger partial charge in [0.1, 0.15) is 0 Å². The van der Waals surface area contributed by atoms with Crippen molar-refractivity contribution in [2.45, 2.75) is 32.6 Å². The first-order valence-electron chi connectivity index (χ1n) is 3.60. The molecule has 0 unspecified atom stereocenters. The second kappa shape index (κ2) is 1.29. The molecular formula is C8H13. The van der Waals surface area contributed by atoms with E-state index < -0.39 is 0 Å². The van der Waals surface area contributed by atoms with Crippen molar-refractivity contribution in [3.8, 4) is 0 Å². The number of hydrogen-bond donors (Lipinski definition) is 0. The second-order valence-electron chi connectivity index (χ2n) is 3.81. The van der Waals surface area contributed by atoms with Crippen LogP contribution in [0.4, 0.5) is 0 Å². The zero-order valence-electron chi connectivity index (χ0n) is 5.48. The van der Waals surface area contributed by atoms with Crippen LogP contribution in [0.25, 0.3) is 0 Å². The maximum atomic E-state index is 2.47. The average Bonchev–Trinajstić information content (AvgIpc) is 1.63. The highest BCUT2D eigenvalue weighted by Crippen LogP contribution is 2.54. The van der Waals surface area contributed by atoms with Crippen molar-refractivity contribution in [2.75, 3.05) is 0 Å². The Morgan fingerprint density at radius 2 is 2.25 bits per heavy atom. The van der Waals surface area contributed by atoms with Crippen LogP contribution in [0, 0.1) is 17.8 Å². The molecule has 3 fully saturated rings. The molecule has 3 aliphatic carbocycles. The third-order valence-electron chi connectivity index (χ3n) is 2.70. The van der Waals surface area contributed by atoms with E-state index in [0.717, 1.165) is 11.3 Å². The fraction of sp³-hybridized carbons (Fsp3) is 0.875. The minimum absolute atomic E-state index is 0.767. The first kappa shape index (κ1) is 4.84. The van der Waals surface area contributed by atoms with Gasteiger partial charge in [0.05, 0.1) is 0 Å². The van der Waals surface area contributed by atoms with E-state index in [9.17, 15) is 0 Å². The van der Waals surface area contributed by atoms with E-state index in [1.165, 1.54) is 25.7 Å². The number of hydrogen-bond acceptors (Lipinski definition) is 0. The molecule has 0 nitrogen and oxygen atoms in total. The molecule has 8 heavy (non-hydrogen) atoms. The van der Waals surface area contributed by atoms with E-state index in [4.69, 9.17) is 0 Å². The Morgan fingerprint density at radius 3 is 2.50 bits per heavy atom. The van der Waals surface area contributed by atoms with Crippen LogP contribution in [0.15, 0.2) is 0 Å². The summed E-state index contributed by atoms with van der Waals surface area (Å²) in [6.07, 6.45) is 8.31. The minimum Gasteiger partial charge on any atom is -0.0596 e. The molecule has 0 saturated heterocycles. The van der Waals surface area contributed by atoms with Gasteiger partial charge in [-0.05, 0) is 43.4 Å². The lowest BCUT2D eigenvalue weighted by molar-refractivity contribution is 0.0411. The van der Waals surface area contributed by atoms with Crippen molar-refractivity contribution in [3.05, 3.63) is 6.42 Å². The van der Waals surface area contributed by atoms with Crippen LogP contribution in [-0.2, 0) is 0 Å². The summed E-state index contributed by atoms with van der Waals surface area (Å²) >= 11 is 0. The molecule has 3 saturated carbocycles. The van der Waals surface area contributed by atoms with Crippen LogP contribution >= 0.6 is 0 Å². The Balaban J connectivity index is 2.06. The fourth-order valence-corrected chi connectivity index (χ4v) is 2.33. The Bertz CT molecular complexity index is 93.1. The van der Waals surface area contributed by atoms with E-state index in [-0.39, 0.29) is 0 Å². The molecule has 0 N–H and O–H groups in total. The van der Waals surface area contributed by atoms with Gasteiger partial charge in [-0.25, -0.2) is 0 Å². The van der Waals surface area contributed by atoms with E-state index in [0.29, 0.717) is 0 Å². The molecule has 3 aliphatic rings. The molecule has 0 spiro atoms. The molecule has 2 bridgehead atoms. The Hall–Kier alpha value is 0. The molecule has 0 amide bonds. The third kappa shape index (κ3) is 0.519. The van der Waals surface area contributed by atoms with Crippen LogP contribution in [0.5, 0.6) is 0 Å². The van der Waals surface area contributed by atoms with Gasteiger partial charge in [0, 0.05) is 0 Å². The molecular weight excluding hydrogens is 96.1 g/mol. The Morgan fingerprint density at radius 1 is 1.50 bits per heavy atom. The fourth-order valence-electron chi connectivity index (χ4n) is 2.33. The lowest BCUT2D eigenvalue weighted by Gasteiger charge is -2.50. The van der Waals surface area contributed by atoms with Gasteiger partial charge in [0.2, 0.25) is 0 Å². The highest BCUT2D eigenvalue weighted by molar-refractivity contribution is 5.00. The summed E-state index contributed by atoms with van der Waals surface area (Å²) in [5.41, 5.74) is 0.767. The Labute approximate surface area is 51.3 Å². The monoisotopic (exact) mass is 109 g/mol. The lowest BCUT2D eigenvalue weighted by atomic mass is 9.55. The van der Waals surface area contributed by atoms with Crippen molar-refractivity contribution in [3.63, 3.8) is 0 Å². The molecule has 0 aliphatic heterocycles. The highest BCUT2D eigenvalue weighted by atomic mass is 14.5. The van der Waals surface area contributed by atoms with Gasteiger partial charge in [-0.1, -0.05) is 6.92 Å². The quantitative estimate of drug-likeness (QED) is 0.448. The third-order valence-corrected chi connectivity index (χ3v) is 2.70. The summed E-state index contributed by atoms with van der Waals surface area (Å²) in [7, 11) is 0. The SMILES string of the molecule is CC12C[CH]CC(C1)C2. The average molecular weight is 109 g/mol. The standard InChI is InChI=1S/C8H13/c1-8-4-2-3-7(5-8)6-8/h2,7H,3-6H2,1H3. The van der Waals surface area contributed by atoms with E-state index >= 15 is 0 Å². The van der Waals surface area contributed by atoms with Crippen molar-refractivity contribution >= 4 is 0 Å². The largest absolute Gasteiger partial charge is 0.0596 e. The zero-order valence-corrected chi connectivity index (χ0v) is 5.48. The summed E-state index contributed by atoms with van der Waals surface area (Å²) in [6, 6.07) is 0. The molecule has 0 aromatic rings. The van der Waals surface area contributed by atoms with Gasteiger partial charge in [-0.3, -0.25) is 0 Å². The number of fused-ring (bicyclic) bond motifs is 2. The van der Waals surface area contributed by atoms with Crippen molar-refractivity contribution in [1.82, 2.24) is 0 Å². The van der Waals surface area contributed by atoms with Crippen molar-refractivity contribution in [1.29, 1.82) is 0 Å². The summed E-state index contributed by atoms with van der Waals surface area (Å²) < 4.78 is 0. The summed E-state index contributed by atoms with van der Waals surface area (Å²) in [6.45, 7) is 2.42. The maximum absolute atomic E-state index is 2.47. The normalized spacial score (nSPS) is 52.9. The van der Waals surface area contributed by atoms with Gasteiger partial charge in [0.15, 0.2) is 0 Å². The molecule has 0 heteroatoms. The topological polar surface area (TPSA) is 0 Å². The van der Waals surface area contributed by atoms with Crippen LogP contribution in [0.3, 0.4) is 0 Å². The maximum Gasteiger partial charge on any atom is -0.0318 e. The first-order chi connectivity index (χ1) is 3.79. The van der Waals surface area contributed by atoms with E-state index in [2.05, 4.69) is 13.3 Å². The Kier molecular flexibility index (Phi) is 0.778. The molecule has 0 aromatic carbocycles. The van der Waals surface area contributed by atoms with Crippen LogP contribution in [0.2, 0.25) is 0 Å². The van der Waals surface area contributed by atoms with Crippen LogP contribution in [-0.4, -0.2) is 0 Å². The van der Waals surface area contributed by atoms with Gasteiger partial charge in [0.25, 0.3) is 0 Å². The summed E-state index contributed by atoms with van der Waals surface area (Å²) in [4.78, 5) is 0. The lowest BCUT2D eigenvalue weighted by Crippen LogP contribution is -2.38. The van der Waals surface area contributed by atoms with Gasteiger partial charge in [-0.15, -0.1) is 0 Å². The minimum atomic E-state index is 0.767. The predicted octanol–water partition coefficient (Wildman–Crippen LogP) is 2.40. The molecule has 45 valence electrons. The highest BCUT2D eigenvalue weighted by Gasteiger charge is 2.42.